The highest BCUT2D eigenvalue weighted by atomic mass is 16.4. The van der Waals surface area contributed by atoms with Gasteiger partial charge in [-0.2, -0.15) is 0 Å². The Labute approximate surface area is 109 Å². The van der Waals surface area contributed by atoms with E-state index in [1.807, 2.05) is 0 Å². The van der Waals surface area contributed by atoms with Gasteiger partial charge in [-0.3, -0.25) is 9.59 Å². The highest BCUT2D eigenvalue weighted by Crippen LogP contribution is 2.01. The lowest BCUT2D eigenvalue weighted by Gasteiger charge is -2.28. The van der Waals surface area contributed by atoms with Crippen molar-refractivity contribution >= 4 is 23.8 Å². The summed E-state index contributed by atoms with van der Waals surface area (Å²) in [4.78, 5) is 45.6. The molecule has 9 nitrogen and oxygen atoms in total. The van der Waals surface area contributed by atoms with Gasteiger partial charge in [0.1, 0.15) is 12.6 Å². The lowest BCUT2D eigenvalue weighted by Crippen LogP contribution is -2.55. The molecule has 0 aromatic rings. The molecule has 0 radical (unpaired) electrons. The zero-order valence-corrected chi connectivity index (χ0v) is 10.2. The lowest BCUT2D eigenvalue weighted by atomic mass is 10.1. The number of amides is 4. The summed E-state index contributed by atoms with van der Waals surface area (Å²) in [6.07, 6.45) is -0.228. The van der Waals surface area contributed by atoms with Gasteiger partial charge in [-0.25, -0.2) is 9.59 Å². The number of rotatable bonds is 5. The number of piperazine rings is 1. The van der Waals surface area contributed by atoms with Gasteiger partial charge >= 0.3 is 12.0 Å². The van der Waals surface area contributed by atoms with Crippen LogP contribution in [0.1, 0.15) is 12.8 Å². The van der Waals surface area contributed by atoms with Gasteiger partial charge in [-0.1, -0.05) is 0 Å². The molecule has 0 aliphatic carbocycles. The normalized spacial score (nSPS) is 16.4. The van der Waals surface area contributed by atoms with Crippen molar-refractivity contribution in [2.75, 3.05) is 19.6 Å². The van der Waals surface area contributed by atoms with Crippen molar-refractivity contribution in [3.8, 4) is 0 Å². The van der Waals surface area contributed by atoms with E-state index in [0.717, 1.165) is 0 Å². The molecule has 1 heterocycles. The number of carbonyl (C=O) groups is 4. The number of hydrogen-bond acceptors (Lipinski definition) is 4. The van der Waals surface area contributed by atoms with Gasteiger partial charge in [0.05, 0.1) is 0 Å². The molecule has 1 atom stereocenters. The van der Waals surface area contributed by atoms with E-state index >= 15 is 0 Å². The minimum Gasteiger partial charge on any atom is -0.480 e. The Morgan fingerprint density at radius 2 is 2.16 bits per heavy atom. The van der Waals surface area contributed by atoms with E-state index in [2.05, 4.69) is 10.6 Å². The van der Waals surface area contributed by atoms with E-state index in [4.69, 9.17) is 10.8 Å². The van der Waals surface area contributed by atoms with Gasteiger partial charge in [-0.15, -0.1) is 0 Å². The van der Waals surface area contributed by atoms with Crippen LogP contribution >= 0.6 is 0 Å². The monoisotopic (exact) mass is 272 g/mol. The molecule has 0 saturated carbocycles. The molecule has 19 heavy (non-hydrogen) atoms. The molecular formula is C10H16N4O5. The van der Waals surface area contributed by atoms with Crippen molar-refractivity contribution in [2.24, 2.45) is 5.73 Å². The Morgan fingerprint density at radius 1 is 1.47 bits per heavy atom. The van der Waals surface area contributed by atoms with Crippen LogP contribution in [0.2, 0.25) is 0 Å². The molecular weight excluding hydrogens is 256 g/mol. The van der Waals surface area contributed by atoms with Crippen LogP contribution in [0.4, 0.5) is 4.79 Å². The number of urea groups is 1. The summed E-state index contributed by atoms with van der Waals surface area (Å²) in [5.74, 6) is -2.20. The van der Waals surface area contributed by atoms with Gasteiger partial charge in [-0.05, 0) is 6.42 Å². The molecule has 0 aromatic carbocycles. The average molecular weight is 272 g/mol. The summed E-state index contributed by atoms with van der Waals surface area (Å²) >= 11 is 0. The second kappa shape index (κ2) is 6.57. The van der Waals surface area contributed by atoms with Gasteiger partial charge in [0, 0.05) is 19.5 Å². The van der Waals surface area contributed by atoms with E-state index < -0.39 is 23.9 Å². The Morgan fingerprint density at radius 3 is 2.68 bits per heavy atom. The predicted molar refractivity (Wildman–Crippen MR) is 63.0 cm³/mol. The Bertz CT molecular complexity index is 397. The number of aliphatic carboxylic acids is 1. The predicted octanol–water partition coefficient (Wildman–Crippen LogP) is -2.15. The third-order valence-corrected chi connectivity index (χ3v) is 2.60. The standard InChI is InChI=1S/C10H16N4O5/c11-7(15)2-1-6(9(17)18)13-10(19)14-4-3-12-8(16)5-14/h6H,1-5H2,(H2,11,15)(H,12,16)(H,13,19)(H,17,18)/t6-/m0/s1. The number of carbonyl (C=O) groups excluding carboxylic acids is 3. The molecule has 0 unspecified atom stereocenters. The van der Waals surface area contributed by atoms with Crippen LogP contribution in [0, 0.1) is 0 Å². The lowest BCUT2D eigenvalue weighted by molar-refractivity contribution is -0.139. The molecule has 1 rings (SSSR count). The maximum Gasteiger partial charge on any atom is 0.326 e. The highest BCUT2D eigenvalue weighted by molar-refractivity contribution is 5.87. The van der Waals surface area contributed by atoms with Crippen molar-refractivity contribution < 1.29 is 24.3 Å². The summed E-state index contributed by atoms with van der Waals surface area (Å²) in [6, 6.07) is -1.85. The quantitative estimate of drug-likeness (QED) is 0.451. The van der Waals surface area contributed by atoms with Gasteiger partial charge < -0.3 is 26.4 Å². The maximum absolute atomic E-state index is 11.8. The molecule has 0 spiro atoms. The molecule has 9 heteroatoms. The molecule has 1 saturated heterocycles. The maximum atomic E-state index is 11.8. The van der Waals surface area contributed by atoms with Crippen molar-refractivity contribution in [2.45, 2.75) is 18.9 Å². The molecule has 106 valence electrons. The molecule has 0 aromatic heterocycles. The first-order chi connectivity index (χ1) is 8.90. The van der Waals surface area contributed by atoms with Crippen LogP contribution in [0.5, 0.6) is 0 Å². The number of nitrogens with zero attached hydrogens (tertiary/aromatic N) is 1. The Kier molecular flexibility index (Phi) is 5.10. The second-order valence-corrected chi connectivity index (χ2v) is 4.12. The fraction of sp³-hybridized carbons (Fsp3) is 0.600. The first-order valence-electron chi connectivity index (χ1n) is 5.73. The number of primary amides is 1. The second-order valence-electron chi connectivity index (χ2n) is 4.12. The molecule has 0 bridgehead atoms. The number of hydrogen-bond donors (Lipinski definition) is 4. The van der Waals surface area contributed by atoms with E-state index in [1.54, 1.807) is 0 Å². The third kappa shape index (κ3) is 4.82. The van der Waals surface area contributed by atoms with Crippen LogP contribution in [-0.4, -0.2) is 59.5 Å². The summed E-state index contributed by atoms with van der Waals surface area (Å²) in [7, 11) is 0. The minimum absolute atomic E-state index is 0.0869. The van der Waals surface area contributed by atoms with Gasteiger partial charge in [0.15, 0.2) is 0 Å². The third-order valence-electron chi connectivity index (χ3n) is 2.60. The molecule has 4 amide bonds. The van der Waals surface area contributed by atoms with Gasteiger partial charge in [0.2, 0.25) is 11.8 Å². The summed E-state index contributed by atoms with van der Waals surface area (Å²) < 4.78 is 0. The van der Waals surface area contributed by atoms with Gasteiger partial charge in [0.25, 0.3) is 0 Å². The summed E-state index contributed by atoms with van der Waals surface area (Å²) in [5.41, 5.74) is 4.92. The summed E-state index contributed by atoms with van der Waals surface area (Å²) in [6.45, 7) is 0.513. The topological polar surface area (TPSA) is 142 Å². The van der Waals surface area contributed by atoms with Crippen molar-refractivity contribution in [1.29, 1.82) is 0 Å². The van der Waals surface area contributed by atoms with Crippen molar-refractivity contribution in [3.05, 3.63) is 0 Å². The zero-order valence-electron chi connectivity index (χ0n) is 10.2. The van der Waals surface area contributed by atoms with Crippen molar-refractivity contribution in [1.82, 2.24) is 15.5 Å². The van der Waals surface area contributed by atoms with E-state index in [0.29, 0.717) is 13.1 Å². The number of nitrogens with two attached hydrogens (primary N) is 1. The number of nitrogens with one attached hydrogen (secondary N) is 2. The number of carboxylic acid groups (broad SMARTS) is 1. The van der Waals surface area contributed by atoms with Crippen LogP contribution in [0.15, 0.2) is 0 Å². The van der Waals surface area contributed by atoms with Crippen molar-refractivity contribution in [3.63, 3.8) is 0 Å². The molecule has 1 aliphatic rings. The molecule has 5 N–H and O–H groups in total. The minimum atomic E-state index is -1.25. The van der Waals surface area contributed by atoms with Crippen LogP contribution in [0.3, 0.4) is 0 Å². The Balaban J connectivity index is 2.52. The first kappa shape index (κ1) is 14.7. The van der Waals surface area contributed by atoms with Crippen LogP contribution < -0.4 is 16.4 Å². The fourth-order valence-corrected chi connectivity index (χ4v) is 1.60. The Hall–Kier alpha value is -2.32. The first-order valence-corrected chi connectivity index (χ1v) is 5.73. The molecule has 1 fully saturated rings. The largest absolute Gasteiger partial charge is 0.480 e. The number of carboxylic acids is 1. The average Bonchev–Trinajstić information content (AvgIpc) is 2.33. The van der Waals surface area contributed by atoms with E-state index in [-0.39, 0.29) is 25.3 Å². The molecule has 1 aliphatic heterocycles. The van der Waals surface area contributed by atoms with E-state index in [1.165, 1.54) is 4.90 Å². The van der Waals surface area contributed by atoms with Crippen LogP contribution in [-0.2, 0) is 14.4 Å². The smallest absolute Gasteiger partial charge is 0.326 e. The fourth-order valence-electron chi connectivity index (χ4n) is 1.60. The zero-order chi connectivity index (χ0) is 14.4. The van der Waals surface area contributed by atoms with E-state index in [9.17, 15) is 19.2 Å². The SMILES string of the molecule is NC(=O)CC[C@H](NC(=O)N1CCNC(=O)C1)C(=O)O. The van der Waals surface area contributed by atoms with Crippen LogP contribution in [0.25, 0.3) is 0 Å². The summed E-state index contributed by atoms with van der Waals surface area (Å²) in [5, 5.41) is 13.7. The highest BCUT2D eigenvalue weighted by Gasteiger charge is 2.26.